The molecule has 0 unspecified atom stereocenters. The number of ether oxygens (including phenoxy) is 1. The van der Waals surface area contributed by atoms with Gasteiger partial charge in [0.1, 0.15) is 0 Å². The number of nitrogen functional groups attached to an aromatic ring is 1. The fraction of sp³-hybridized carbons (Fsp3) is 0.143. The normalized spacial score (nSPS) is 10.5. The summed E-state index contributed by atoms with van der Waals surface area (Å²) in [5.41, 5.74) is 5.65. The highest BCUT2D eigenvalue weighted by atomic mass is 127. The van der Waals surface area contributed by atoms with E-state index in [2.05, 4.69) is 4.74 Å². The summed E-state index contributed by atoms with van der Waals surface area (Å²) in [6.45, 7) is -2.89. The molecular weight excluding hydrogens is 314 g/mol. The minimum atomic E-state index is -2.89. The number of alkyl halides is 2. The van der Waals surface area contributed by atoms with Gasteiger partial charge < -0.3 is 10.5 Å². The van der Waals surface area contributed by atoms with Crippen LogP contribution in [0.3, 0.4) is 0 Å². The molecule has 0 saturated heterocycles. The molecule has 0 radical (unpaired) electrons. The third-order valence-corrected chi connectivity index (χ3v) is 2.38. The lowest BCUT2D eigenvalue weighted by Crippen LogP contribution is -2.05. The zero-order valence-corrected chi connectivity index (χ0v) is 9.14. The number of anilines is 1. The van der Waals surface area contributed by atoms with Crippen LogP contribution in [0.2, 0.25) is 5.02 Å². The van der Waals surface area contributed by atoms with Gasteiger partial charge in [-0.15, -0.1) is 0 Å². The van der Waals surface area contributed by atoms with E-state index in [9.17, 15) is 8.78 Å². The quantitative estimate of drug-likeness (QED) is 0.671. The summed E-state index contributed by atoms with van der Waals surface area (Å²) in [6, 6.07) is 2.82. The Morgan fingerprint density at radius 2 is 2.08 bits per heavy atom. The molecule has 6 heteroatoms. The van der Waals surface area contributed by atoms with Crippen LogP contribution in [-0.4, -0.2) is 6.61 Å². The van der Waals surface area contributed by atoms with Gasteiger partial charge in [0.25, 0.3) is 0 Å². The number of halogens is 4. The van der Waals surface area contributed by atoms with Gasteiger partial charge >= 0.3 is 6.61 Å². The second kappa shape index (κ2) is 4.28. The van der Waals surface area contributed by atoms with Crippen molar-refractivity contribution in [2.24, 2.45) is 0 Å². The number of nitrogens with two attached hydrogens (primary N) is 1. The van der Waals surface area contributed by atoms with Crippen LogP contribution >= 0.6 is 34.2 Å². The fourth-order valence-electron chi connectivity index (χ4n) is 0.755. The van der Waals surface area contributed by atoms with E-state index in [1.807, 2.05) is 22.6 Å². The Bertz CT molecular complexity index is 322. The predicted octanol–water partition coefficient (Wildman–Crippen LogP) is 3.13. The zero-order chi connectivity index (χ0) is 10.0. The van der Waals surface area contributed by atoms with Gasteiger partial charge in [-0.1, -0.05) is 11.6 Å². The van der Waals surface area contributed by atoms with E-state index in [-0.39, 0.29) is 11.4 Å². The van der Waals surface area contributed by atoms with Crippen molar-refractivity contribution in [1.29, 1.82) is 0 Å². The van der Waals surface area contributed by atoms with Crippen LogP contribution in [-0.2, 0) is 0 Å². The highest BCUT2D eigenvalue weighted by Crippen LogP contribution is 2.31. The van der Waals surface area contributed by atoms with Gasteiger partial charge in [0.05, 0.1) is 5.69 Å². The van der Waals surface area contributed by atoms with Crippen LogP contribution in [0.4, 0.5) is 14.5 Å². The molecule has 0 aromatic heterocycles. The lowest BCUT2D eigenvalue weighted by Gasteiger charge is -2.09. The van der Waals surface area contributed by atoms with Crippen LogP contribution in [0.25, 0.3) is 0 Å². The molecule has 0 spiro atoms. The lowest BCUT2D eigenvalue weighted by molar-refractivity contribution is -0.0493. The number of hydrogen-bond donors (Lipinski definition) is 1. The second-order valence-corrected chi connectivity index (χ2v) is 3.78. The molecule has 0 saturated carbocycles. The maximum absolute atomic E-state index is 11.8. The zero-order valence-electron chi connectivity index (χ0n) is 6.23. The van der Waals surface area contributed by atoms with Gasteiger partial charge in [0.2, 0.25) is 0 Å². The summed E-state index contributed by atoms with van der Waals surface area (Å²) in [5.74, 6) is -0.0908. The third-order valence-electron chi connectivity index (χ3n) is 1.27. The molecule has 0 aliphatic carbocycles. The molecule has 2 nitrogen and oxygen atoms in total. The van der Waals surface area contributed by atoms with Crippen LogP contribution in [0.1, 0.15) is 0 Å². The molecule has 1 aromatic carbocycles. The Hall–Kier alpha value is -0.300. The molecule has 0 bridgehead atoms. The molecule has 1 aromatic rings. The Labute approximate surface area is 92.1 Å². The van der Waals surface area contributed by atoms with E-state index in [1.165, 1.54) is 6.07 Å². The molecule has 13 heavy (non-hydrogen) atoms. The minimum Gasteiger partial charge on any atom is -0.433 e. The largest absolute Gasteiger partial charge is 0.433 e. The van der Waals surface area contributed by atoms with Crippen molar-refractivity contribution < 1.29 is 13.5 Å². The molecular formula is C7H5ClF2INO. The molecule has 0 fully saturated rings. The Kier molecular flexibility index (Phi) is 3.55. The van der Waals surface area contributed by atoms with Gasteiger partial charge in [-0.05, 0) is 28.7 Å². The number of benzene rings is 1. The first-order valence-electron chi connectivity index (χ1n) is 3.20. The van der Waals surface area contributed by atoms with Gasteiger partial charge in [-0.25, -0.2) is 0 Å². The maximum atomic E-state index is 11.8. The Morgan fingerprint density at radius 1 is 1.46 bits per heavy atom. The van der Waals surface area contributed by atoms with Gasteiger partial charge in [-0.2, -0.15) is 8.78 Å². The molecule has 0 aliphatic rings. The van der Waals surface area contributed by atoms with Crippen molar-refractivity contribution in [3.63, 3.8) is 0 Å². The Morgan fingerprint density at radius 3 is 2.62 bits per heavy atom. The minimum absolute atomic E-state index is 0.0908. The molecule has 0 amide bonds. The van der Waals surface area contributed by atoms with Crippen molar-refractivity contribution in [3.05, 3.63) is 20.7 Å². The maximum Gasteiger partial charge on any atom is 0.387 e. The fourth-order valence-corrected chi connectivity index (χ4v) is 1.75. The van der Waals surface area contributed by atoms with Gasteiger partial charge in [0.15, 0.2) is 5.75 Å². The molecule has 72 valence electrons. The number of hydrogen-bond acceptors (Lipinski definition) is 2. The first kappa shape index (κ1) is 10.8. The highest BCUT2D eigenvalue weighted by molar-refractivity contribution is 14.1. The van der Waals surface area contributed by atoms with Crippen molar-refractivity contribution in [2.75, 3.05) is 5.73 Å². The van der Waals surface area contributed by atoms with E-state index in [4.69, 9.17) is 17.3 Å². The van der Waals surface area contributed by atoms with Crippen LogP contribution < -0.4 is 10.5 Å². The topological polar surface area (TPSA) is 35.2 Å². The average molecular weight is 319 g/mol. The highest BCUT2D eigenvalue weighted by Gasteiger charge is 2.11. The molecule has 1 rings (SSSR count). The van der Waals surface area contributed by atoms with E-state index in [0.29, 0.717) is 8.59 Å². The Balaban J connectivity index is 3.05. The van der Waals surface area contributed by atoms with Crippen molar-refractivity contribution in [1.82, 2.24) is 0 Å². The van der Waals surface area contributed by atoms with Crippen molar-refractivity contribution >= 4 is 39.9 Å². The first-order valence-corrected chi connectivity index (χ1v) is 4.65. The van der Waals surface area contributed by atoms with Gasteiger partial charge in [-0.3, -0.25) is 0 Å². The second-order valence-electron chi connectivity index (χ2n) is 2.18. The smallest absolute Gasteiger partial charge is 0.387 e. The van der Waals surface area contributed by atoms with Gasteiger partial charge in [0, 0.05) is 14.7 Å². The molecule has 0 aliphatic heterocycles. The average Bonchev–Trinajstić information content (AvgIpc) is 1.98. The molecule has 2 N–H and O–H groups in total. The molecule has 0 atom stereocenters. The van der Waals surface area contributed by atoms with Crippen molar-refractivity contribution in [2.45, 2.75) is 6.61 Å². The summed E-state index contributed by atoms with van der Waals surface area (Å²) in [5, 5.41) is 0.314. The molecule has 0 heterocycles. The summed E-state index contributed by atoms with van der Waals surface area (Å²) in [4.78, 5) is 0. The first-order chi connectivity index (χ1) is 6.00. The van der Waals surface area contributed by atoms with E-state index in [1.54, 1.807) is 6.07 Å². The lowest BCUT2D eigenvalue weighted by atomic mass is 10.3. The summed E-state index contributed by atoms with van der Waals surface area (Å²) in [6.07, 6.45) is 0. The monoisotopic (exact) mass is 319 g/mol. The van der Waals surface area contributed by atoms with Crippen LogP contribution in [0, 0.1) is 3.57 Å². The predicted molar refractivity (Wildman–Crippen MR) is 55.2 cm³/mol. The van der Waals surface area contributed by atoms with E-state index >= 15 is 0 Å². The van der Waals surface area contributed by atoms with E-state index < -0.39 is 6.61 Å². The van der Waals surface area contributed by atoms with E-state index in [0.717, 1.165) is 0 Å². The van der Waals surface area contributed by atoms with Crippen LogP contribution in [0.15, 0.2) is 12.1 Å². The summed E-state index contributed by atoms with van der Waals surface area (Å²) >= 11 is 7.51. The standard InChI is InChI=1S/C7H5ClF2INO/c8-3-1-4(11)6(12)5(2-3)13-7(9)10/h1-2,7H,12H2. The SMILES string of the molecule is Nc1c(I)cc(Cl)cc1OC(F)F. The number of rotatable bonds is 2. The van der Waals surface area contributed by atoms with Crippen molar-refractivity contribution in [3.8, 4) is 5.75 Å². The third kappa shape index (κ3) is 2.84. The summed E-state index contributed by atoms with van der Waals surface area (Å²) in [7, 11) is 0. The summed E-state index contributed by atoms with van der Waals surface area (Å²) < 4.78 is 28.4. The van der Waals surface area contributed by atoms with Crippen LogP contribution in [0.5, 0.6) is 5.75 Å².